The fourth-order valence-corrected chi connectivity index (χ4v) is 3.78. The molecule has 3 aromatic rings. The molecule has 0 saturated heterocycles. The Morgan fingerprint density at radius 2 is 2.04 bits per heavy atom. The molecule has 0 atom stereocenters. The number of benzene rings is 1. The first kappa shape index (κ1) is 16.9. The fourth-order valence-electron chi connectivity index (χ4n) is 2.86. The molecule has 0 spiro atoms. The Bertz CT molecular complexity index is 890. The molecule has 0 aliphatic rings. The van der Waals surface area contributed by atoms with E-state index in [4.69, 9.17) is 11.6 Å². The number of thiophene rings is 1. The van der Waals surface area contributed by atoms with Crippen molar-refractivity contribution in [3.8, 4) is 0 Å². The molecule has 0 unspecified atom stereocenters. The van der Waals surface area contributed by atoms with Gasteiger partial charge in [-0.2, -0.15) is 0 Å². The third-order valence-corrected chi connectivity index (χ3v) is 5.20. The maximum absolute atomic E-state index is 12.0. The fraction of sp³-hybridized carbons (Fsp3) is 0.263. The second-order valence-corrected chi connectivity index (χ2v) is 7.44. The van der Waals surface area contributed by atoms with Gasteiger partial charge in [0.15, 0.2) is 0 Å². The van der Waals surface area contributed by atoms with Crippen molar-refractivity contribution in [2.75, 3.05) is 0 Å². The van der Waals surface area contributed by atoms with Gasteiger partial charge in [-0.1, -0.05) is 29.3 Å². The topological polar surface area (TPSA) is 33.2 Å². The van der Waals surface area contributed by atoms with Crippen LogP contribution in [0.4, 0.5) is 0 Å². The zero-order valence-electron chi connectivity index (χ0n) is 14.0. The molecule has 0 radical (unpaired) electrons. The van der Waals surface area contributed by atoms with Crippen molar-refractivity contribution >= 4 is 39.7 Å². The molecule has 3 nitrogen and oxygen atoms in total. The molecular formula is C19H19ClN2OS. The molecule has 124 valence electrons. The summed E-state index contributed by atoms with van der Waals surface area (Å²) >= 11 is 8.05. The van der Waals surface area contributed by atoms with Crippen LogP contribution in [0.15, 0.2) is 35.7 Å². The van der Waals surface area contributed by atoms with Gasteiger partial charge in [-0.25, -0.2) is 4.98 Å². The summed E-state index contributed by atoms with van der Waals surface area (Å²) in [6, 6.07) is 10.3. The number of pyridine rings is 1. The lowest BCUT2D eigenvalue weighted by molar-refractivity contribution is -0.130. The van der Waals surface area contributed by atoms with Crippen molar-refractivity contribution < 1.29 is 4.79 Å². The highest BCUT2D eigenvalue weighted by Crippen LogP contribution is 2.26. The zero-order valence-corrected chi connectivity index (χ0v) is 15.5. The van der Waals surface area contributed by atoms with Crippen molar-refractivity contribution in [2.24, 2.45) is 0 Å². The number of carbonyl (C=O) groups excluding carboxylic acids is 1. The van der Waals surface area contributed by atoms with Crippen LogP contribution in [0.5, 0.6) is 0 Å². The first-order valence-electron chi connectivity index (χ1n) is 7.78. The molecule has 2 heterocycles. The monoisotopic (exact) mass is 358 g/mol. The van der Waals surface area contributed by atoms with Crippen molar-refractivity contribution in [1.29, 1.82) is 0 Å². The minimum atomic E-state index is 0.0278. The lowest BCUT2D eigenvalue weighted by Crippen LogP contribution is -2.27. The minimum absolute atomic E-state index is 0.0278. The van der Waals surface area contributed by atoms with Crippen LogP contribution in [0.1, 0.15) is 28.5 Å². The standard InChI is InChI=1S/C19H19ClN2OS/c1-12-7-13(2)18-15(8-12)9-16(19(20)21-18)10-22(14(3)23)11-17-5-4-6-24-17/h4-9H,10-11H2,1-3H3. The molecule has 3 rings (SSSR count). The number of aryl methyl sites for hydroxylation is 2. The SMILES string of the molecule is CC(=O)N(Cc1cccs1)Cc1cc2cc(C)cc(C)c2nc1Cl. The number of carbonyl (C=O) groups is 1. The highest BCUT2D eigenvalue weighted by Gasteiger charge is 2.15. The molecule has 0 aliphatic heterocycles. The molecule has 5 heteroatoms. The number of aromatic nitrogens is 1. The van der Waals surface area contributed by atoms with Gasteiger partial charge in [0.1, 0.15) is 5.15 Å². The van der Waals surface area contributed by atoms with E-state index >= 15 is 0 Å². The summed E-state index contributed by atoms with van der Waals surface area (Å²) in [4.78, 5) is 19.5. The van der Waals surface area contributed by atoms with E-state index in [1.54, 1.807) is 23.2 Å². The van der Waals surface area contributed by atoms with E-state index in [0.717, 1.165) is 26.9 Å². The average molecular weight is 359 g/mol. The van der Waals surface area contributed by atoms with E-state index in [9.17, 15) is 4.79 Å². The van der Waals surface area contributed by atoms with Gasteiger partial charge in [0.25, 0.3) is 0 Å². The van der Waals surface area contributed by atoms with Gasteiger partial charge >= 0.3 is 0 Å². The Hall–Kier alpha value is -1.91. The molecule has 0 saturated carbocycles. The minimum Gasteiger partial charge on any atom is -0.333 e. The Morgan fingerprint density at radius 1 is 1.25 bits per heavy atom. The summed E-state index contributed by atoms with van der Waals surface area (Å²) in [6.07, 6.45) is 0. The molecule has 0 fully saturated rings. The number of hydrogen-bond donors (Lipinski definition) is 0. The number of halogens is 1. The van der Waals surface area contributed by atoms with Crippen molar-refractivity contribution in [1.82, 2.24) is 9.88 Å². The smallest absolute Gasteiger partial charge is 0.220 e. The summed E-state index contributed by atoms with van der Waals surface area (Å²) in [7, 11) is 0. The normalized spacial score (nSPS) is 11.0. The second-order valence-electron chi connectivity index (χ2n) is 6.05. The van der Waals surface area contributed by atoms with Gasteiger partial charge in [0.05, 0.1) is 12.1 Å². The van der Waals surface area contributed by atoms with E-state index in [2.05, 4.69) is 30.1 Å². The van der Waals surface area contributed by atoms with Gasteiger partial charge in [0, 0.05) is 29.3 Å². The number of rotatable bonds is 4. The molecule has 0 bridgehead atoms. The summed E-state index contributed by atoms with van der Waals surface area (Å²) in [5.41, 5.74) is 4.10. The van der Waals surface area contributed by atoms with E-state index in [0.29, 0.717) is 18.2 Å². The van der Waals surface area contributed by atoms with Gasteiger partial charge in [-0.15, -0.1) is 11.3 Å². The first-order valence-corrected chi connectivity index (χ1v) is 9.04. The Kier molecular flexibility index (Phi) is 4.88. The molecule has 1 amide bonds. The molecule has 1 aromatic carbocycles. The van der Waals surface area contributed by atoms with Crippen LogP contribution in [0, 0.1) is 13.8 Å². The molecule has 24 heavy (non-hydrogen) atoms. The predicted octanol–water partition coefficient (Wildman–Crippen LogP) is 5.12. The number of nitrogens with zero attached hydrogens (tertiary/aromatic N) is 2. The van der Waals surface area contributed by atoms with Gasteiger partial charge in [0.2, 0.25) is 5.91 Å². The third kappa shape index (κ3) is 3.60. The summed E-state index contributed by atoms with van der Waals surface area (Å²) in [5.74, 6) is 0.0278. The quantitative estimate of drug-likeness (QED) is 0.607. The van der Waals surface area contributed by atoms with E-state index in [1.165, 1.54) is 5.56 Å². The van der Waals surface area contributed by atoms with Crippen LogP contribution in [0.3, 0.4) is 0 Å². The highest BCUT2D eigenvalue weighted by molar-refractivity contribution is 7.09. The Morgan fingerprint density at radius 3 is 2.71 bits per heavy atom. The van der Waals surface area contributed by atoms with Gasteiger partial charge in [-0.3, -0.25) is 4.79 Å². The third-order valence-electron chi connectivity index (χ3n) is 4.01. The van der Waals surface area contributed by atoms with Crippen molar-refractivity contribution in [3.05, 3.63) is 62.4 Å². The number of amides is 1. The average Bonchev–Trinajstić information content (AvgIpc) is 3.01. The lowest BCUT2D eigenvalue weighted by Gasteiger charge is -2.21. The molecule has 2 aromatic heterocycles. The predicted molar refractivity (Wildman–Crippen MR) is 100 cm³/mol. The van der Waals surface area contributed by atoms with E-state index < -0.39 is 0 Å². The lowest BCUT2D eigenvalue weighted by atomic mass is 10.1. The zero-order chi connectivity index (χ0) is 17.3. The molecule has 0 N–H and O–H groups in total. The maximum Gasteiger partial charge on any atom is 0.220 e. The number of hydrogen-bond acceptors (Lipinski definition) is 3. The highest BCUT2D eigenvalue weighted by atomic mass is 35.5. The summed E-state index contributed by atoms with van der Waals surface area (Å²) in [6.45, 7) is 6.75. The van der Waals surface area contributed by atoms with Gasteiger partial charge < -0.3 is 4.90 Å². The molecular weight excluding hydrogens is 340 g/mol. The first-order chi connectivity index (χ1) is 11.4. The largest absolute Gasteiger partial charge is 0.333 e. The van der Waals surface area contributed by atoms with Crippen molar-refractivity contribution in [2.45, 2.75) is 33.9 Å². The van der Waals surface area contributed by atoms with Crippen LogP contribution in [0.2, 0.25) is 5.15 Å². The van der Waals surface area contributed by atoms with Crippen LogP contribution in [-0.4, -0.2) is 15.8 Å². The molecule has 0 aliphatic carbocycles. The van der Waals surface area contributed by atoms with E-state index in [1.807, 2.05) is 24.4 Å². The van der Waals surface area contributed by atoms with Crippen LogP contribution >= 0.6 is 22.9 Å². The van der Waals surface area contributed by atoms with E-state index in [-0.39, 0.29) is 5.91 Å². The second kappa shape index (κ2) is 6.91. The van der Waals surface area contributed by atoms with Crippen LogP contribution in [0.25, 0.3) is 10.9 Å². The summed E-state index contributed by atoms with van der Waals surface area (Å²) < 4.78 is 0. The maximum atomic E-state index is 12.0. The summed E-state index contributed by atoms with van der Waals surface area (Å²) in [5, 5.41) is 3.54. The van der Waals surface area contributed by atoms with Crippen LogP contribution < -0.4 is 0 Å². The van der Waals surface area contributed by atoms with Crippen molar-refractivity contribution in [3.63, 3.8) is 0 Å². The Labute approximate surface area is 150 Å². The number of fused-ring (bicyclic) bond motifs is 1. The Balaban J connectivity index is 1.95. The van der Waals surface area contributed by atoms with Crippen LogP contribution in [-0.2, 0) is 17.9 Å². The van der Waals surface area contributed by atoms with Gasteiger partial charge in [-0.05, 0) is 43.0 Å².